The number of benzene rings is 7. The predicted octanol–water partition coefficient (Wildman–Crippen LogP) is 21.3. The van der Waals surface area contributed by atoms with Gasteiger partial charge >= 0.3 is 6.18 Å². The van der Waals surface area contributed by atoms with Crippen LogP contribution in [0.5, 0.6) is 5.75 Å². The van der Waals surface area contributed by atoms with E-state index >= 15 is 0 Å². The number of alkyl halides is 3. The Hall–Kier alpha value is -13.8. The SMILES string of the molecule is CCc1cc(-c2cc(Br)ccc2OC)nc(N)n1.CCc1cc(-c2cc(C)ccc2C)nc(N)n1.CCc1cc(-c2cccnc2C(F)(F)F)nc(N)n1.Cc1c(Cl)cccc1-c1cc(NCCCc2cccc(S(C)(=O)=O)c2)nc(N)n1.Cc1ccc(S(=O)(=O)n2cc(-c3cc(NCC(C)(C)C)nc(N)n3)c3ccccc32)cc1.Cc1cccc(-c2cc(NCC(C)(C)C)nc(N)n2)c1C. The van der Waals surface area contributed by atoms with Gasteiger partial charge in [0.1, 0.15) is 23.2 Å². The number of rotatable bonds is 22. The molecule has 8 aromatic heterocycles. The molecule has 7 aromatic carbocycles. The molecule has 35 heteroatoms. The minimum Gasteiger partial charge on any atom is -0.496 e. The third-order valence-corrected chi connectivity index (χ3v) is 24.7. The van der Waals surface area contributed by atoms with Gasteiger partial charge in [0.15, 0.2) is 15.5 Å². The lowest BCUT2D eigenvalue weighted by Crippen LogP contribution is -2.20. The van der Waals surface area contributed by atoms with Gasteiger partial charge in [0.25, 0.3) is 10.0 Å². The lowest BCUT2D eigenvalue weighted by molar-refractivity contribution is -0.140. The van der Waals surface area contributed by atoms with Gasteiger partial charge in [-0.05, 0) is 203 Å². The summed E-state index contributed by atoms with van der Waals surface area (Å²) in [6, 6.07) is 59.0. The van der Waals surface area contributed by atoms with Crippen LogP contribution in [0.4, 0.5) is 66.3 Å². The summed E-state index contributed by atoms with van der Waals surface area (Å²) in [6.45, 7) is 33.2. The van der Waals surface area contributed by atoms with Crippen LogP contribution < -0.4 is 55.1 Å². The molecule has 0 saturated heterocycles. The largest absolute Gasteiger partial charge is 0.496 e. The number of pyridine rings is 1. The number of sulfone groups is 1. The van der Waals surface area contributed by atoms with Gasteiger partial charge in [0.05, 0.1) is 56.6 Å². The molecular formula is C101H116BrClF3N23O5S2. The van der Waals surface area contributed by atoms with Crippen molar-refractivity contribution in [1.82, 2.24) is 68.8 Å². The Labute approximate surface area is 806 Å². The lowest BCUT2D eigenvalue weighted by Gasteiger charge is -2.19. The van der Waals surface area contributed by atoms with Crippen molar-refractivity contribution in [3.8, 4) is 73.3 Å². The van der Waals surface area contributed by atoms with Crippen LogP contribution in [-0.4, -0.2) is 119 Å². The number of para-hydroxylation sites is 1. The minimum atomic E-state index is -4.54. The monoisotopic (exact) mass is 1970 g/mol. The predicted molar refractivity (Wildman–Crippen MR) is 547 cm³/mol. The van der Waals surface area contributed by atoms with Crippen LogP contribution in [0.3, 0.4) is 0 Å². The molecule has 0 aliphatic heterocycles. The van der Waals surface area contributed by atoms with Crippen molar-refractivity contribution >= 4 is 111 Å². The fourth-order valence-electron chi connectivity index (χ4n) is 13.8. The summed E-state index contributed by atoms with van der Waals surface area (Å²) < 4.78 is 96.5. The van der Waals surface area contributed by atoms with Crippen molar-refractivity contribution in [1.29, 1.82) is 0 Å². The lowest BCUT2D eigenvalue weighted by atomic mass is 9.97. The van der Waals surface area contributed by atoms with Gasteiger partial charge < -0.3 is 55.1 Å². The first-order valence-electron chi connectivity index (χ1n) is 43.7. The van der Waals surface area contributed by atoms with E-state index in [1.54, 1.807) is 67.9 Å². The molecule has 0 bridgehead atoms. The molecule has 0 saturated carbocycles. The summed E-state index contributed by atoms with van der Waals surface area (Å²) >= 11 is 9.66. The molecule has 0 aliphatic rings. The van der Waals surface area contributed by atoms with Crippen molar-refractivity contribution in [2.75, 3.05) is 83.4 Å². The number of fused-ring (bicyclic) bond motifs is 1. The first-order valence-corrected chi connectivity index (χ1v) is 48.2. The van der Waals surface area contributed by atoms with Crippen molar-refractivity contribution < 1.29 is 34.7 Å². The van der Waals surface area contributed by atoms with Gasteiger partial charge in [-0.1, -0.05) is 186 Å². The van der Waals surface area contributed by atoms with Gasteiger partial charge in [0.2, 0.25) is 35.7 Å². The molecule has 0 atom stereocenters. The number of aromatic nitrogens is 14. The topological polar surface area (TPSA) is 442 Å². The third kappa shape index (κ3) is 29.3. The molecule has 0 fully saturated rings. The number of nitrogen functional groups attached to an aromatic ring is 6. The van der Waals surface area contributed by atoms with Gasteiger partial charge in [-0.2, -0.15) is 28.1 Å². The molecule has 8 heterocycles. The van der Waals surface area contributed by atoms with E-state index < -0.39 is 31.7 Å². The Morgan fingerprint density at radius 2 is 0.904 bits per heavy atom. The smallest absolute Gasteiger partial charge is 0.434 e. The highest BCUT2D eigenvalue weighted by molar-refractivity contribution is 9.10. The van der Waals surface area contributed by atoms with Crippen molar-refractivity contribution in [2.45, 2.75) is 152 Å². The maximum Gasteiger partial charge on any atom is 0.434 e. The van der Waals surface area contributed by atoms with E-state index in [-0.39, 0.29) is 50.8 Å². The van der Waals surface area contributed by atoms with E-state index in [9.17, 15) is 30.0 Å². The third-order valence-electron chi connectivity index (χ3n) is 21.0. The number of ether oxygens (including phenoxy) is 1. The average molecular weight is 1970 g/mol. The number of hydrogen-bond acceptors (Lipinski definition) is 27. The van der Waals surface area contributed by atoms with Crippen molar-refractivity contribution in [2.24, 2.45) is 10.8 Å². The number of aryl methyl sites for hydroxylation is 8. The number of hydrogen-bond donors (Lipinski definition) is 9. The van der Waals surface area contributed by atoms with Crippen molar-refractivity contribution in [3.63, 3.8) is 0 Å². The zero-order chi connectivity index (χ0) is 99.3. The highest BCUT2D eigenvalue weighted by Gasteiger charge is 2.36. The second-order valence-corrected chi connectivity index (χ2v) is 39.7. The summed E-state index contributed by atoms with van der Waals surface area (Å²) in [5.74, 6) is 3.95. The van der Waals surface area contributed by atoms with Crippen LogP contribution in [0.1, 0.15) is 130 Å². The Morgan fingerprint density at radius 3 is 1.42 bits per heavy atom. The standard InChI is InChI=1S/C24H27N5O2S.C21H23ClN4O2S.C17H24N4.C14H17N3.C13H14BrN3O.C12H11F3N4/c1-16-9-11-17(12-10-16)32(30,31)29-14-19(18-7-5-6-8-21(18)29)20-13-22(28-23(25)27-20)26-15-24(2,3)4;1-14-17(9-4-10-18(14)22)19-13-20(26-21(23)25-19)24-11-5-7-15-6-3-8-16(12-15)29(2,27)28;1-11-7-6-8-13(12(11)2)14-9-15(21-16(18)20-14)19-10-17(3,4)5;1-4-11-8-13(17-14(15)16-11)12-7-9(2)5-6-10(12)3;1-3-9-7-11(17-13(15)16-9)10-6-8(14)4-5-12(10)18-2;1-2-7-6-9(19-11(16)18-7)8-4-3-5-17-10(8)12(13,14)15/h5-14H,15H2,1-4H3,(H3,25,26,27,28);3-4,6,8-10,12-13H,5,7,11H2,1-2H3,(H3,23,24,25,26);6-9H,10H2,1-5H3,(H3,18,19,20,21);5-8H,4H2,1-3H3,(H2,15,16,17);4-7H,3H2,1-2H3,(H2,15,16,17);3-6H,2H2,1H3,(H2,16,18,19). The van der Waals surface area contributed by atoms with Crippen LogP contribution in [0.15, 0.2) is 221 Å². The first-order chi connectivity index (χ1) is 64.2. The molecule has 0 aliphatic carbocycles. The number of halogens is 5. The Balaban J connectivity index is 0.000000171. The Kier molecular flexibility index (Phi) is 35.2. The molecule has 15 aromatic rings. The highest BCUT2D eigenvalue weighted by Crippen LogP contribution is 2.39. The Morgan fingerprint density at radius 1 is 0.441 bits per heavy atom. The van der Waals surface area contributed by atoms with Crippen LogP contribution in [-0.2, 0) is 51.7 Å². The first kappa shape index (κ1) is 104. The summed E-state index contributed by atoms with van der Waals surface area (Å²) in [4.78, 5) is 54.6. The van der Waals surface area contributed by atoms with E-state index in [1.807, 2.05) is 119 Å². The quantitative estimate of drug-likeness (QED) is 0.0285. The molecule has 28 nitrogen and oxygen atoms in total. The summed E-state index contributed by atoms with van der Waals surface area (Å²) in [6.07, 6.45) is 3.17. The maximum absolute atomic E-state index is 13.4. The summed E-state index contributed by atoms with van der Waals surface area (Å²) in [5.41, 5.74) is 53.4. The van der Waals surface area contributed by atoms with Crippen LogP contribution in [0, 0.1) is 52.4 Å². The molecule has 15 N–H and O–H groups in total. The van der Waals surface area contributed by atoms with Gasteiger partial charge in [-0.15, -0.1) is 0 Å². The van der Waals surface area contributed by atoms with Crippen molar-refractivity contribution in [3.05, 3.63) is 278 Å². The normalized spacial score (nSPS) is 11.4. The van der Waals surface area contributed by atoms with E-state index in [0.717, 1.165) is 127 Å². The number of nitrogens with one attached hydrogen (secondary N) is 3. The highest BCUT2D eigenvalue weighted by atomic mass is 79.9. The van der Waals surface area contributed by atoms with Crippen LogP contribution in [0.25, 0.3) is 78.4 Å². The Bertz CT molecular complexity index is 6960. The molecule has 0 spiro atoms. The fraction of sp³-hybridized carbons (Fsp3) is 0.277. The fourth-order valence-corrected chi connectivity index (χ4v) is 16.4. The molecule has 712 valence electrons. The molecule has 136 heavy (non-hydrogen) atoms. The van der Waals surface area contributed by atoms with Crippen LogP contribution >= 0.6 is 27.5 Å². The van der Waals surface area contributed by atoms with Gasteiger partial charge in [0, 0.05) is 122 Å². The second-order valence-electron chi connectivity index (χ2n) is 34.5. The second kappa shape index (κ2) is 45.9. The maximum atomic E-state index is 13.4. The van der Waals surface area contributed by atoms with Gasteiger partial charge in [-0.25, -0.2) is 65.7 Å². The zero-order valence-corrected chi connectivity index (χ0v) is 83.2. The number of methoxy groups -OCH3 is 1. The van der Waals surface area contributed by atoms with E-state index in [4.69, 9.17) is 50.7 Å². The zero-order valence-electron chi connectivity index (χ0n) is 79.3. The van der Waals surface area contributed by atoms with E-state index in [1.165, 1.54) is 50.7 Å². The van der Waals surface area contributed by atoms with Crippen LogP contribution in [0.2, 0.25) is 5.02 Å². The summed E-state index contributed by atoms with van der Waals surface area (Å²) in [7, 11) is -5.35. The van der Waals surface area contributed by atoms with E-state index in [2.05, 4.69) is 203 Å². The molecule has 0 amide bonds. The number of nitrogens with two attached hydrogens (primary N) is 6. The number of nitrogens with zero attached hydrogens (tertiary/aromatic N) is 14. The molecule has 15 rings (SSSR count). The molecule has 0 radical (unpaired) electrons. The average Bonchev–Trinajstić information content (AvgIpc) is 1.60. The summed E-state index contributed by atoms with van der Waals surface area (Å²) in [5, 5.41) is 11.3. The molecule has 0 unspecified atom stereocenters. The molecular weight excluding hydrogens is 1850 g/mol. The minimum absolute atomic E-state index is 0.0497. The van der Waals surface area contributed by atoms with E-state index in [0.29, 0.717) is 81.1 Å². The number of anilines is 9. The van der Waals surface area contributed by atoms with Gasteiger partial charge in [-0.3, -0.25) is 4.98 Å².